The van der Waals surface area contributed by atoms with Crippen molar-refractivity contribution in [2.24, 2.45) is 5.73 Å². The van der Waals surface area contributed by atoms with Crippen LogP contribution in [0.15, 0.2) is 43.0 Å². The molecule has 0 bridgehead atoms. The predicted octanol–water partition coefficient (Wildman–Crippen LogP) is 1.80. The second-order valence-corrected chi connectivity index (χ2v) is 7.61. The van der Waals surface area contributed by atoms with Crippen molar-refractivity contribution in [3.63, 3.8) is 0 Å². The van der Waals surface area contributed by atoms with E-state index >= 15 is 0 Å². The molecular weight excluding hydrogens is 394 g/mol. The predicted molar refractivity (Wildman–Crippen MR) is 119 cm³/mol. The number of benzene rings is 1. The fourth-order valence-corrected chi connectivity index (χ4v) is 3.31. The van der Waals surface area contributed by atoms with Crippen molar-refractivity contribution >= 4 is 23.5 Å². The lowest BCUT2D eigenvalue weighted by molar-refractivity contribution is 0.199. The highest BCUT2D eigenvalue weighted by molar-refractivity contribution is 5.54. The summed E-state index contributed by atoms with van der Waals surface area (Å²) in [5, 5.41) is 12.8. The van der Waals surface area contributed by atoms with Crippen LogP contribution in [0.4, 0.5) is 23.5 Å². The molecule has 3 aromatic rings. The molecule has 1 aliphatic heterocycles. The number of nitrogens with one attached hydrogen (secondary N) is 1. The Hall–Kier alpha value is -3.37. The molecule has 10 heteroatoms. The SMILES string of the molecule is CC(N)c1cnc(N2CCN(c3ncnc(Nc4ccc(C(C)O)cc4)n3)CC2)nc1. The first-order valence-electron chi connectivity index (χ1n) is 10.3. The molecule has 0 saturated carbocycles. The van der Waals surface area contributed by atoms with Crippen LogP contribution in [-0.4, -0.2) is 56.2 Å². The van der Waals surface area contributed by atoms with E-state index in [1.807, 2.05) is 31.2 Å². The number of aromatic nitrogens is 5. The largest absolute Gasteiger partial charge is 0.389 e. The number of nitrogens with zero attached hydrogens (tertiary/aromatic N) is 7. The Balaban J connectivity index is 1.37. The molecule has 0 spiro atoms. The lowest BCUT2D eigenvalue weighted by Crippen LogP contribution is -2.47. The second kappa shape index (κ2) is 9.19. The summed E-state index contributed by atoms with van der Waals surface area (Å²) in [6.45, 7) is 6.71. The van der Waals surface area contributed by atoms with Crippen LogP contribution in [0.1, 0.15) is 37.1 Å². The van der Waals surface area contributed by atoms with E-state index in [0.29, 0.717) is 17.8 Å². The maximum atomic E-state index is 9.64. The van der Waals surface area contributed by atoms with E-state index < -0.39 is 6.10 Å². The third kappa shape index (κ3) is 5.04. The zero-order valence-corrected chi connectivity index (χ0v) is 17.7. The topological polar surface area (TPSA) is 129 Å². The smallest absolute Gasteiger partial charge is 0.231 e. The summed E-state index contributed by atoms with van der Waals surface area (Å²) in [5.41, 5.74) is 8.50. The molecule has 2 unspecified atom stereocenters. The number of anilines is 4. The molecule has 0 aliphatic carbocycles. The number of piperazine rings is 1. The van der Waals surface area contributed by atoms with Crippen LogP contribution in [0.5, 0.6) is 0 Å². The van der Waals surface area contributed by atoms with E-state index in [2.05, 4.69) is 40.0 Å². The van der Waals surface area contributed by atoms with Gasteiger partial charge in [-0.3, -0.25) is 0 Å². The van der Waals surface area contributed by atoms with Gasteiger partial charge in [0.05, 0.1) is 6.10 Å². The lowest BCUT2D eigenvalue weighted by atomic mass is 10.1. The number of hydrogen-bond acceptors (Lipinski definition) is 10. The fraction of sp³-hybridized carbons (Fsp3) is 0.381. The van der Waals surface area contributed by atoms with Gasteiger partial charge in [-0.1, -0.05) is 12.1 Å². The zero-order chi connectivity index (χ0) is 21.8. The lowest BCUT2D eigenvalue weighted by Gasteiger charge is -2.34. The van der Waals surface area contributed by atoms with Crippen molar-refractivity contribution in [3.8, 4) is 0 Å². The monoisotopic (exact) mass is 421 g/mol. The molecule has 4 N–H and O–H groups in total. The molecule has 162 valence electrons. The van der Waals surface area contributed by atoms with Crippen LogP contribution < -0.4 is 20.9 Å². The zero-order valence-electron chi connectivity index (χ0n) is 17.7. The molecule has 4 rings (SSSR count). The van der Waals surface area contributed by atoms with Gasteiger partial charge < -0.3 is 26.0 Å². The summed E-state index contributed by atoms with van der Waals surface area (Å²) in [6.07, 6.45) is 4.59. The summed E-state index contributed by atoms with van der Waals surface area (Å²) in [5.74, 6) is 1.82. The Labute approximate surface area is 181 Å². The summed E-state index contributed by atoms with van der Waals surface area (Å²) in [7, 11) is 0. The molecule has 31 heavy (non-hydrogen) atoms. The van der Waals surface area contributed by atoms with E-state index in [9.17, 15) is 5.11 Å². The average Bonchev–Trinajstić information content (AvgIpc) is 2.80. The van der Waals surface area contributed by atoms with Crippen LogP contribution in [0.3, 0.4) is 0 Å². The molecule has 1 saturated heterocycles. The maximum Gasteiger partial charge on any atom is 0.231 e. The Kier molecular flexibility index (Phi) is 6.19. The van der Waals surface area contributed by atoms with Gasteiger partial charge >= 0.3 is 0 Å². The second-order valence-electron chi connectivity index (χ2n) is 7.61. The number of rotatable bonds is 6. The van der Waals surface area contributed by atoms with E-state index in [4.69, 9.17) is 5.73 Å². The molecule has 10 nitrogen and oxygen atoms in total. The van der Waals surface area contributed by atoms with Gasteiger partial charge in [0.2, 0.25) is 17.8 Å². The molecule has 0 amide bonds. The number of hydrogen-bond donors (Lipinski definition) is 3. The molecular formula is C21H27N9O. The van der Waals surface area contributed by atoms with Crippen LogP contribution in [-0.2, 0) is 0 Å². The molecule has 2 aromatic heterocycles. The van der Waals surface area contributed by atoms with Gasteiger partial charge in [-0.2, -0.15) is 4.98 Å². The van der Waals surface area contributed by atoms with Crippen molar-refractivity contribution in [1.82, 2.24) is 24.9 Å². The molecule has 3 heterocycles. The van der Waals surface area contributed by atoms with Crippen molar-refractivity contribution < 1.29 is 5.11 Å². The summed E-state index contributed by atoms with van der Waals surface area (Å²) >= 11 is 0. The third-order valence-corrected chi connectivity index (χ3v) is 5.24. The van der Waals surface area contributed by atoms with Crippen LogP contribution >= 0.6 is 0 Å². The van der Waals surface area contributed by atoms with E-state index in [-0.39, 0.29) is 6.04 Å². The minimum atomic E-state index is -0.496. The van der Waals surface area contributed by atoms with Crippen molar-refractivity contribution in [1.29, 1.82) is 0 Å². The van der Waals surface area contributed by atoms with Crippen molar-refractivity contribution in [2.75, 3.05) is 41.3 Å². The number of nitrogens with two attached hydrogens (primary N) is 1. The Bertz CT molecular complexity index is 984. The minimum absolute atomic E-state index is 0.0753. The van der Waals surface area contributed by atoms with Crippen molar-refractivity contribution in [2.45, 2.75) is 26.0 Å². The maximum absolute atomic E-state index is 9.64. The quantitative estimate of drug-likeness (QED) is 0.542. The van der Waals surface area contributed by atoms with Crippen LogP contribution in [0.2, 0.25) is 0 Å². The first kappa shape index (κ1) is 20.9. The van der Waals surface area contributed by atoms with Gasteiger partial charge in [-0.05, 0) is 31.5 Å². The minimum Gasteiger partial charge on any atom is -0.389 e. The van der Waals surface area contributed by atoms with Crippen LogP contribution in [0.25, 0.3) is 0 Å². The molecule has 1 fully saturated rings. The van der Waals surface area contributed by atoms with Gasteiger partial charge in [0.1, 0.15) is 6.33 Å². The highest BCUT2D eigenvalue weighted by atomic mass is 16.3. The first-order chi connectivity index (χ1) is 15.0. The molecule has 0 radical (unpaired) electrons. The van der Waals surface area contributed by atoms with Crippen molar-refractivity contribution in [3.05, 3.63) is 54.1 Å². The van der Waals surface area contributed by atoms with Gasteiger partial charge in [0.15, 0.2) is 0 Å². The van der Waals surface area contributed by atoms with Gasteiger partial charge in [0, 0.05) is 55.9 Å². The van der Waals surface area contributed by atoms with E-state index in [1.165, 1.54) is 6.33 Å². The summed E-state index contributed by atoms with van der Waals surface area (Å²) in [4.78, 5) is 26.3. The normalized spacial score (nSPS) is 16.1. The summed E-state index contributed by atoms with van der Waals surface area (Å²) in [6, 6.07) is 7.45. The number of aliphatic hydroxyl groups is 1. The highest BCUT2D eigenvalue weighted by Gasteiger charge is 2.21. The van der Waals surface area contributed by atoms with Gasteiger partial charge in [-0.15, -0.1) is 0 Å². The fourth-order valence-electron chi connectivity index (χ4n) is 3.31. The van der Waals surface area contributed by atoms with Gasteiger partial charge in [0.25, 0.3) is 0 Å². The van der Waals surface area contributed by atoms with E-state index in [1.54, 1.807) is 19.3 Å². The molecule has 1 aliphatic rings. The van der Waals surface area contributed by atoms with E-state index in [0.717, 1.165) is 43.0 Å². The summed E-state index contributed by atoms with van der Waals surface area (Å²) < 4.78 is 0. The Morgan fingerprint density at radius 3 is 2.06 bits per heavy atom. The third-order valence-electron chi connectivity index (χ3n) is 5.24. The van der Waals surface area contributed by atoms with Gasteiger partial charge in [-0.25, -0.2) is 19.9 Å². The Morgan fingerprint density at radius 1 is 0.871 bits per heavy atom. The Morgan fingerprint density at radius 2 is 1.48 bits per heavy atom. The average molecular weight is 422 g/mol. The standard InChI is InChI=1S/C21H27N9O/c1-14(22)17-11-23-20(24-12-17)29-7-9-30(10-8-29)21-26-13-25-19(28-21)27-18-5-3-16(4-6-18)15(2)31/h3-6,11-15,31H,7-10,22H2,1-2H3,(H,25,26,27,28). The molecule has 1 aromatic carbocycles. The molecule has 2 atom stereocenters. The highest BCUT2D eigenvalue weighted by Crippen LogP contribution is 2.20. The van der Waals surface area contributed by atoms with Crippen LogP contribution in [0, 0.1) is 0 Å². The number of aliphatic hydroxyl groups excluding tert-OH is 1. The first-order valence-corrected chi connectivity index (χ1v) is 10.3.